The summed E-state index contributed by atoms with van der Waals surface area (Å²) in [6.07, 6.45) is 0. The molecule has 1 heterocycles. The Morgan fingerprint density at radius 1 is 1.33 bits per heavy atom. The van der Waals surface area contributed by atoms with Gasteiger partial charge in [-0.15, -0.1) is 10.2 Å². The fourth-order valence-electron chi connectivity index (χ4n) is 1.60. The van der Waals surface area contributed by atoms with Crippen LogP contribution in [0, 0.1) is 6.92 Å². The van der Waals surface area contributed by atoms with E-state index in [2.05, 4.69) is 42.2 Å². The Bertz CT molecular complexity index is 537. The molecule has 2 rings (SSSR count). The van der Waals surface area contributed by atoms with Gasteiger partial charge in [-0.1, -0.05) is 37.3 Å². The summed E-state index contributed by atoms with van der Waals surface area (Å²) in [7, 11) is 0. The molecule has 96 valence electrons. The van der Waals surface area contributed by atoms with E-state index in [4.69, 9.17) is 10.5 Å². The van der Waals surface area contributed by atoms with Crippen LogP contribution in [0.3, 0.4) is 0 Å². The van der Waals surface area contributed by atoms with E-state index < -0.39 is 0 Å². The first-order valence-electron chi connectivity index (χ1n) is 5.87. The van der Waals surface area contributed by atoms with Crippen molar-refractivity contribution in [2.75, 3.05) is 5.73 Å². The normalized spacial score (nSPS) is 10.9. The first kappa shape index (κ1) is 12.8. The number of aromatic nitrogens is 2. The third-order valence-corrected chi connectivity index (χ3v) is 3.44. The second kappa shape index (κ2) is 5.35. The molecule has 1 aromatic carbocycles. The van der Waals surface area contributed by atoms with Gasteiger partial charge in [0.1, 0.15) is 12.4 Å². The van der Waals surface area contributed by atoms with Crippen molar-refractivity contribution in [2.45, 2.75) is 33.3 Å². The van der Waals surface area contributed by atoms with Crippen LogP contribution < -0.4 is 10.5 Å². The molecule has 0 aliphatic heterocycles. The number of hydrogen-bond acceptors (Lipinski definition) is 5. The number of benzene rings is 1. The summed E-state index contributed by atoms with van der Waals surface area (Å²) in [5.74, 6) is 1.39. The predicted molar refractivity (Wildman–Crippen MR) is 73.9 cm³/mol. The van der Waals surface area contributed by atoms with Crippen molar-refractivity contribution in [1.29, 1.82) is 0 Å². The molecule has 1 aromatic heterocycles. The molecule has 18 heavy (non-hydrogen) atoms. The van der Waals surface area contributed by atoms with Crippen LogP contribution in [0.2, 0.25) is 0 Å². The molecule has 0 atom stereocenters. The van der Waals surface area contributed by atoms with Crippen LogP contribution >= 0.6 is 11.3 Å². The molecule has 2 N–H and O–H groups in total. The molecule has 5 heteroatoms. The van der Waals surface area contributed by atoms with E-state index in [0.29, 0.717) is 17.7 Å². The fourth-order valence-corrected chi connectivity index (χ4v) is 2.12. The number of anilines is 1. The summed E-state index contributed by atoms with van der Waals surface area (Å²) in [4.78, 5) is 0. The van der Waals surface area contributed by atoms with Crippen LogP contribution in [-0.2, 0) is 6.61 Å². The van der Waals surface area contributed by atoms with Gasteiger partial charge in [0.2, 0.25) is 5.13 Å². The van der Waals surface area contributed by atoms with E-state index >= 15 is 0 Å². The summed E-state index contributed by atoms with van der Waals surface area (Å²) < 4.78 is 5.78. The Kier molecular flexibility index (Phi) is 3.81. The summed E-state index contributed by atoms with van der Waals surface area (Å²) in [5, 5.41) is 8.97. The lowest BCUT2D eigenvalue weighted by atomic mass is 10.0. The van der Waals surface area contributed by atoms with E-state index in [-0.39, 0.29) is 0 Å². The van der Waals surface area contributed by atoms with Crippen LogP contribution in [0.5, 0.6) is 5.75 Å². The fraction of sp³-hybridized carbons (Fsp3) is 0.385. The summed E-state index contributed by atoms with van der Waals surface area (Å²) in [6, 6.07) is 6.30. The number of hydrogen-bond donors (Lipinski definition) is 1. The zero-order valence-electron chi connectivity index (χ0n) is 10.8. The standard InChI is InChI=1S/C13H17N3OS/c1-8(2)10-5-4-9(3)11(6-10)17-7-12-15-16-13(14)18-12/h4-6,8H,7H2,1-3H3,(H2,14,16). The highest BCUT2D eigenvalue weighted by atomic mass is 32.1. The maximum Gasteiger partial charge on any atom is 0.203 e. The Morgan fingerprint density at radius 2 is 2.11 bits per heavy atom. The van der Waals surface area contributed by atoms with E-state index in [1.165, 1.54) is 16.9 Å². The minimum atomic E-state index is 0.414. The van der Waals surface area contributed by atoms with Gasteiger partial charge in [-0.05, 0) is 30.0 Å². The summed E-state index contributed by atoms with van der Waals surface area (Å²) in [5.41, 5.74) is 7.92. The predicted octanol–water partition coefficient (Wildman–Crippen LogP) is 3.13. The van der Waals surface area contributed by atoms with Gasteiger partial charge in [0, 0.05) is 0 Å². The topological polar surface area (TPSA) is 61.0 Å². The Hall–Kier alpha value is -1.62. The minimum absolute atomic E-state index is 0.414. The molecule has 0 bridgehead atoms. The largest absolute Gasteiger partial charge is 0.486 e. The van der Waals surface area contributed by atoms with E-state index in [1.807, 2.05) is 6.92 Å². The van der Waals surface area contributed by atoms with Crippen LogP contribution in [0.15, 0.2) is 18.2 Å². The minimum Gasteiger partial charge on any atom is -0.486 e. The van der Waals surface area contributed by atoms with E-state index in [0.717, 1.165) is 16.3 Å². The van der Waals surface area contributed by atoms with E-state index in [1.54, 1.807) is 0 Å². The number of rotatable bonds is 4. The molecule has 0 unspecified atom stereocenters. The van der Waals surface area contributed by atoms with Gasteiger partial charge >= 0.3 is 0 Å². The van der Waals surface area contributed by atoms with Crippen molar-refractivity contribution in [1.82, 2.24) is 10.2 Å². The summed E-state index contributed by atoms with van der Waals surface area (Å²) >= 11 is 1.35. The molecule has 0 aliphatic carbocycles. The lowest BCUT2D eigenvalue weighted by Crippen LogP contribution is -1.98. The maximum atomic E-state index is 5.78. The Morgan fingerprint density at radius 3 is 2.72 bits per heavy atom. The van der Waals surface area contributed by atoms with Crippen LogP contribution in [0.25, 0.3) is 0 Å². The molecular weight excluding hydrogens is 246 g/mol. The van der Waals surface area contributed by atoms with Crippen LogP contribution in [0.1, 0.15) is 35.9 Å². The molecule has 0 aliphatic rings. The van der Waals surface area contributed by atoms with Crippen molar-refractivity contribution < 1.29 is 4.74 Å². The lowest BCUT2D eigenvalue weighted by molar-refractivity contribution is 0.302. The lowest BCUT2D eigenvalue weighted by Gasteiger charge is -2.11. The van der Waals surface area contributed by atoms with Crippen LogP contribution in [0.4, 0.5) is 5.13 Å². The summed E-state index contributed by atoms with van der Waals surface area (Å²) in [6.45, 7) is 6.78. The highest BCUT2D eigenvalue weighted by Crippen LogP contribution is 2.25. The van der Waals surface area contributed by atoms with Crippen molar-refractivity contribution in [3.63, 3.8) is 0 Å². The second-order valence-electron chi connectivity index (χ2n) is 4.50. The van der Waals surface area contributed by atoms with E-state index in [9.17, 15) is 0 Å². The third-order valence-electron chi connectivity index (χ3n) is 2.71. The van der Waals surface area contributed by atoms with Crippen molar-refractivity contribution in [3.8, 4) is 5.75 Å². The van der Waals surface area contributed by atoms with Gasteiger partial charge < -0.3 is 10.5 Å². The van der Waals surface area contributed by atoms with Gasteiger partial charge in [-0.25, -0.2) is 0 Å². The first-order valence-corrected chi connectivity index (χ1v) is 6.69. The molecule has 0 amide bonds. The number of nitrogen functional groups attached to an aromatic ring is 1. The van der Waals surface area contributed by atoms with Crippen molar-refractivity contribution in [2.24, 2.45) is 0 Å². The molecule has 4 nitrogen and oxygen atoms in total. The molecule has 0 saturated heterocycles. The number of aryl methyl sites for hydroxylation is 1. The molecule has 0 radical (unpaired) electrons. The van der Waals surface area contributed by atoms with Crippen LogP contribution in [-0.4, -0.2) is 10.2 Å². The van der Waals surface area contributed by atoms with Gasteiger partial charge in [-0.2, -0.15) is 0 Å². The highest BCUT2D eigenvalue weighted by Gasteiger charge is 2.07. The molecule has 0 spiro atoms. The molecule has 2 aromatic rings. The van der Waals surface area contributed by atoms with Gasteiger partial charge in [0.25, 0.3) is 0 Å². The average Bonchev–Trinajstić information content (AvgIpc) is 2.74. The highest BCUT2D eigenvalue weighted by molar-refractivity contribution is 7.15. The Balaban J connectivity index is 2.10. The van der Waals surface area contributed by atoms with Gasteiger partial charge in [-0.3, -0.25) is 0 Å². The SMILES string of the molecule is Cc1ccc(C(C)C)cc1OCc1nnc(N)s1. The van der Waals surface area contributed by atoms with Gasteiger partial charge in [0.05, 0.1) is 0 Å². The zero-order chi connectivity index (χ0) is 13.1. The quantitative estimate of drug-likeness (QED) is 0.920. The smallest absolute Gasteiger partial charge is 0.203 e. The van der Waals surface area contributed by atoms with Crippen molar-refractivity contribution in [3.05, 3.63) is 34.3 Å². The monoisotopic (exact) mass is 263 g/mol. The Labute approximate surface area is 111 Å². The maximum absolute atomic E-state index is 5.78. The molecule has 0 fully saturated rings. The number of nitrogens with zero attached hydrogens (tertiary/aromatic N) is 2. The number of nitrogens with two attached hydrogens (primary N) is 1. The molecular formula is C13H17N3OS. The zero-order valence-corrected chi connectivity index (χ0v) is 11.6. The molecule has 0 saturated carbocycles. The second-order valence-corrected chi connectivity index (χ2v) is 5.60. The van der Waals surface area contributed by atoms with Crippen molar-refractivity contribution >= 4 is 16.5 Å². The van der Waals surface area contributed by atoms with Gasteiger partial charge in [0.15, 0.2) is 5.01 Å². The number of ether oxygens (including phenoxy) is 1. The average molecular weight is 263 g/mol. The first-order chi connectivity index (χ1) is 8.56. The third kappa shape index (κ3) is 2.98.